The molecular weight excluding hydrogens is 298 g/mol. The van der Waals surface area contributed by atoms with Crippen molar-refractivity contribution in [2.45, 2.75) is 19.0 Å². The van der Waals surface area contributed by atoms with Gasteiger partial charge in [-0.2, -0.15) is 11.8 Å². The molecule has 0 aliphatic carbocycles. The van der Waals surface area contributed by atoms with Gasteiger partial charge in [0.1, 0.15) is 5.75 Å². The van der Waals surface area contributed by atoms with Gasteiger partial charge in [0.25, 0.3) is 0 Å². The van der Waals surface area contributed by atoms with E-state index < -0.39 is 0 Å². The van der Waals surface area contributed by atoms with Crippen LogP contribution in [0.15, 0.2) is 22.7 Å². The smallest absolute Gasteiger partial charge is 0.123 e. The minimum atomic E-state index is 0.712. The number of hydrogen-bond acceptors (Lipinski definition) is 3. The Balaban J connectivity index is 2.08. The van der Waals surface area contributed by atoms with Crippen LogP contribution in [0.1, 0.15) is 12.0 Å². The highest BCUT2D eigenvalue weighted by atomic mass is 79.9. The Bertz CT molecular complexity index is 380. The van der Waals surface area contributed by atoms with Crippen molar-refractivity contribution < 1.29 is 4.74 Å². The van der Waals surface area contributed by atoms with Crippen molar-refractivity contribution in [3.63, 3.8) is 0 Å². The summed E-state index contributed by atoms with van der Waals surface area (Å²) < 4.78 is 6.52. The number of ether oxygens (including phenoxy) is 1. The summed E-state index contributed by atoms with van der Waals surface area (Å²) in [4.78, 5) is 2.43. The molecule has 2 rings (SSSR count). The van der Waals surface area contributed by atoms with Crippen molar-refractivity contribution in [3.8, 4) is 5.75 Å². The largest absolute Gasteiger partial charge is 0.496 e. The fourth-order valence-electron chi connectivity index (χ4n) is 2.14. The lowest BCUT2D eigenvalue weighted by molar-refractivity contribution is 0.250. The molecule has 17 heavy (non-hydrogen) atoms. The topological polar surface area (TPSA) is 12.5 Å². The van der Waals surface area contributed by atoms with Gasteiger partial charge < -0.3 is 4.74 Å². The van der Waals surface area contributed by atoms with Crippen molar-refractivity contribution in [3.05, 3.63) is 28.2 Å². The van der Waals surface area contributed by atoms with Crippen molar-refractivity contribution in [1.29, 1.82) is 0 Å². The third kappa shape index (κ3) is 3.39. The van der Waals surface area contributed by atoms with E-state index in [9.17, 15) is 0 Å². The molecule has 1 atom stereocenters. The molecule has 0 N–H and O–H groups in total. The highest BCUT2D eigenvalue weighted by molar-refractivity contribution is 9.10. The van der Waals surface area contributed by atoms with Crippen molar-refractivity contribution in [1.82, 2.24) is 4.90 Å². The molecule has 0 aromatic heterocycles. The van der Waals surface area contributed by atoms with Gasteiger partial charge in [-0.1, -0.05) is 15.9 Å². The molecular formula is C13H18BrNOS. The van der Waals surface area contributed by atoms with Crippen LogP contribution in [0.5, 0.6) is 5.75 Å². The van der Waals surface area contributed by atoms with Gasteiger partial charge in [0, 0.05) is 28.4 Å². The quantitative estimate of drug-likeness (QED) is 0.845. The van der Waals surface area contributed by atoms with Gasteiger partial charge in [-0.05, 0) is 37.4 Å². The number of nitrogens with zero attached hydrogens (tertiary/aromatic N) is 1. The predicted molar refractivity (Wildman–Crippen MR) is 77.9 cm³/mol. The number of methoxy groups -OCH3 is 1. The third-order valence-corrected chi connectivity index (χ3v) is 4.83. The molecule has 1 fully saturated rings. The Morgan fingerprint density at radius 2 is 2.35 bits per heavy atom. The molecule has 1 saturated heterocycles. The summed E-state index contributed by atoms with van der Waals surface area (Å²) in [5.74, 6) is 3.53. The molecule has 1 aliphatic rings. The van der Waals surface area contributed by atoms with E-state index in [0.29, 0.717) is 6.04 Å². The molecule has 2 nitrogen and oxygen atoms in total. The van der Waals surface area contributed by atoms with E-state index in [4.69, 9.17) is 4.74 Å². The monoisotopic (exact) mass is 315 g/mol. The van der Waals surface area contributed by atoms with Crippen molar-refractivity contribution in [2.24, 2.45) is 0 Å². The third-order valence-electron chi connectivity index (χ3n) is 3.19. The Hall–Kier alpha value is -0.190. The molecule has 94 valence electrons. The minimum absolute atomic E-state index is 0.712. The highest BCUT2D eigenvalue weighted by Gasteiger charge is 2.20. The fraction of sp³-hybridized carbons (Fsp3) is 0.538. The van der Waals surface area contributed by atoms with Crippen LogP contribution in [-0.4, -0.2) is 36.6 Å². The van der Waals surface area contributed by atoms with E-state index in [-0.39, 0.29) is 0 Å². The van der Waals surface area contributed by atoms with Crippen LogP contribution < -0.4 is 4.74 Å². The van der Waals surface area contributed by atoms with Crippen LogP contribution >= 0.6 is 27.7 Å². The molecule has 0 bridgehead atoms. The first-order chi connectivity index (χ1) is 8.20. The van der Waals surface area contributed by atoms with Crippen LogP contribution in [0, 0.1) is 0 Å². The summed E-state index contributed by atoms with van der Waals surface area (Å²) >= 11 is 5.57. The molecule has 4 heteroatoms. The van der Waals surface area contributed by atoms with E-state index in [1.54, 1.807) is 7.11 Å². The fourth-order valence-corrected chi connectivity index (χ4v) is 3.85. The average molecular weight is 316 g/mol. The minimum Gasteiger partial charge on any atom is -0.496 e. The van der Waals surface area contributed by atoms with Gasteiger partial charge in [-0.3, -0.25) is 4.90 Å². The zero-order chi connectivity index (χ0) is 12.3. The molecule has 1 unspecified atom stereocenters. The van der Waals surface area contributed by atoms with Crippen LogP contribution in [0.2, 0.25) is 0 Å². The molecule has 0 amide bonds. The normalized spacial score (nSPS) is 19.9. The summed E-state index contributed by atoms with van der Waals surface area (Å²) in [5.41, 5.74) is 1.25. The Labute approximate surface area is 116 Å². The molecule has 1 heterocycles. The van der Waals surface area contributed by atoms with Crippen LogP contribution in [0.4, 0.5) is 0 Å². The van der Waals surface area contributed by atoms with E-state index in [1.807, 2.05) is 12.1 Å². The first-order valence-corrected chi connectivity index (χ1v) is 7.76. The summed E-state index contributed by atoms with van der Waals surface area (Å²) in [5, 5.41) is 0. The lowest BCUT2D eigenvalue weighted by Crippen LogP contribution is -2.31. The Morgan fingerprint density at radius 1 is 1.53 bits per heavy atom. The Kier molecular flexibility index (Phi) is 4.77. The molecule has 1 aromatic carbocycles. The second kappa shape index (κ2) is 6.12. The Morgan fingerprint density at radius 3 is 3.00 bits per heavy atom. The second-order valence-electron chi connectivity index (χ2n) is 4.39. The van der Waals surface area contributed by atoms with Crippen LogP contribution in [0.3, 0.4) is 0 Å². The van der Waals surface area contributed by atoms with Crippen molar-refractivity contribution >= 4 is 27.7 Å². The highest BCUT2D eigenvalue weighted by Crippen LogP contribution is 2.27. The number of thioether (sulfide) groups is 1. The SMILES string of the molecule is COc1ccc(Br)cc1CN(C)C1CCSC1. The molecule has 0 radical (unpaired) electrons. The van der Waals surface area contributed by atoms with Gasteiger partial charge in [-0.15, -0.1) is 0 Å². The lowest BCUT2D eigenvalue weighted by atomic mass is 10.1. The second-order valence-corrected chi connectivity index (χ2v) is 6.45. The van der Waals surface area contributed by atoms with Gasteiger partial charge in [0.15, 0.2) is 0 Å². The zero-order valence-corrected chi connectivity index (χ0v) is 12.7. The average Bonchev–Trinajstić information content (AvgIpc) is 2.83. The van der Waals surface area contributed by atoms with Gasteiger partial charge in [-0.25, -0.2) is 0 Å². The number of benzene rings is 1. The van der Waals surface area contributed by atoms with E-state index in [0.717, 1.165) is 16.8 Å². The summed E-state index contributed by atoms with van der Waals surface area (Å²) in [6.45, 7) is 0.952. The van der Waals surface area contributed by atoms with Gasteiger partial charge in [0.05, 0.1) is 7.11 Å². The number of rotatable bonds is 4. The van der Waals surface area contributed by atoms with Gasteiger partial charge in [0.2, 0.25) is 0 Å². The molecule has 0 saturated carbocycles. The zero-order valence-electron chi connectivity index (χ0n) is 10.3. The van der Waals surface area contributed by atoms with E-state index in [2.05, 4.69) is 45.7 Å². The van der Waals surface area contributed by atoms with E-state index in [1.165, 1.54) is 23.5 Å². The number of hydrogen-bond donors (Lipinski definition) is 0. The summed E-state index contributed by atoms with van der Waals surface area (Å²) in [6.07, 6.45) is 1.30. The first-order valence-electron chi connectivity index (χ1n) is 5.81. The summed E-state index contributed by atoms with van der Waals surface area (Å²) in [7, 11) is 3.94. The molecule has 1 aromatic rings. The molecule has 0 spiro atoms. The maximum absolute atomic E-state index is 5.41. The van der Waals surface area contributed by atoms with Crippen molar-refractivity contribution in [2.75, 3.05) is 25.7 Å². The van der Waals surface area contributed by atoms with E-state index >= 15 is 0 Å². The maximum Gasteiger partial charge on any atom is 0.123 e. The van der Waals surface area contributed by atoms with Crippen LogP contribution in [-0.2, 0) is 6.54 Å². The lowest BCUT2D eigenvalue weighted by Gasteiger charge is -2.24. The maximum atomic E-state index is 5.41. The van der Waals surface area contributed by atoms with Gasteiger partial charge >= 0.3 is 0 Å². The number of halogens is 1. The predicted octanol–water partition coefficient (Wildman–Crippen LogP) is 3.40. The standard InChI is InChI=1S/C13H18BrNOS/c1-15(12-5-6-17-9-12)8-10-7-11(14)3-4-13(10)16-2/h3-4,7,12H,5-6,8-9H2,1-2H3. The summed E-state index contributed by atoms with van der Waals surface area (Å²) in [6, 6.07) is 6.91. The first kappa shape index (κ1) is 13.2. The van der Waals surface area contributed by atoms with Crippen LogP contribution in [0.25, 0.3) is 0 Å². The molecule has 1 aliphatic heterocycles.